The molecular weight excluding hydrogens is 248 g/mol. The maximum Gasteiger partial charge on any atom is 0.182 e. The van der Waals surface area contributed by atoms with E-state index < -0.39 is 0 Å². The first-order valence-electron chi connectivity index (χ1n) is 6.22. The Labute approximate surface area is 111 Å². The van der Waals surface area contributed by atoms with Crippen LogP contribution in [0.5, 0.6) is 0 Å². The smallest absolute Gasteiger partial charge is 0.182 e. The molecule has 1 fully saturated rings. The Balaban J connectivity index is 1.94. The van der Waals surface area contributed by atoms with Crippen LogP contribution in [0.4, 0.5) is 5.69 Å². The van der Waals surface area contributed by atoms with Crippen LogP contribution in [0.3, 0.4) is 0 Å². The number of rotatable bonds is 2. The monoisotopic (exact) mass is 262 g/mol. The van der Waals surface area contributed by atoms with Gasteiger partial charge >= 0.3 is 0 Å². The van der Waals surface area contributed by atoms with Gasteiger partial charge in [0.2, 0.25) is 0 Å². The fraction of sp³-hybridized carbons (Fsp3) is 0.385. The van der Waals surface area contributed by atoms with E-state index in [0.29, 0.717) is 22.5 Å². The second kappa shape index (κ2) is 4.61. The fourth-order valence-electron chi connectivity index (χ4n) is 2.49. The van der Waals surface area contributed by atoms with Crippen molar-refractivity contribution in [3.63, 3.8) is 0 Å². The highest BCUT2D eigenvalue weighted by Crippen LogP contribution is 2.34. The Morgan fingerprint density at radius 1 is 1.28 bits per heavy atom. The number of aromatic amines is 1. The zero-order valence-corrected chi connectivity index (χ0v) is 10.7. The number of H-pyrrole nitrogens is 1. The molecule has 3 N–H and O–H groups in total. The van der Waals surface area contributed by atoms with E-state index in [2.05, 4.69) is 15.2 Å². The van der Waals surface area contributed by atoms with E-state index in [-0.39, 0.29) is 0 Å². The lowest BCUT2D eigenvalue weighted by molar-refractivity contribution is 0.672. The van der Waals surface area contributed by atoms with Crippen LogP contribution >= 0.6 is 11.6 Å². The molecule has 1 aliphatic carbocycles. The number of nitrogen functional groups attached to an aromatic ring is 1. The number of nitrogens with one attached hydrogen (secondary N) is 1. The van der Waals surface area contributed by atoms with E-state index >= 15 is 0 Å². The van der Waals surface area contributed by atoms with E-state index in [1.807, 2.05) is 6.07 Å². The Morgan fingerprint density at radius 2 is 2.06 bits per heavy atom. The maximum atomic E-state index is 6.15. The van der Waals surface area contributed by atoms with Gasteiger partial charge in [0.15, 0.2) is 5.82 Å². The lowest BCUT2D eigenvalue weighted by atomic mass is 10.1. The molecule has 0 aliphatic heterocycles. The van der Waals surface area contributed by atoms with Gasteiger partial charge in [-0.3, -0.25) is 5.10 Å². The molecule has 94 valence electrons. The standard InChI is InChI=1S/C13H15ClN4/c14-11-6-5-9(15)7-10(11)13-16-12(17-18-13)8-3-1-2-4-8/h5-8H,1-4,15H2,(H,16,17,18). The lowest BCUT2D eigenvalue weighted by Gasteiger charge is -2.03. The Bertz CT molecular complexity index is 558. The van der Waals surface area contributed by atoms with Crippen LogP contribution in [0, 0.1) is 0 Å². The number of anilines is 1. The molecule has 1 heterocycles. The van der Waals surface area contributed by atoms with Gasteiger partial charge in [0.1, 0.15) is 5.82 Å². The van der Waals surface area contributed by atoms with Gasteiger partial charge in [0, 0.05) is 17.2 Å². The predicted molar refractivity (Wildman–Crippen MR) is 72.5 cm³/mol. The first-order valence-corrected chi connectivity index (χ1v) is 6.59. The van der Waals surface area contributed by atoms with Gasteiger partial charge in [0.25, 0.3) is 0 Å². The molecule has 1 aromatic heterocycles. The third-order valence-electron chi connectivity index (χ3n) is 3.48. The summed E-state index contributed by atoms with van der Waals surface area (Å²) in [7, 11) is 0. The molecular formula is C13H15ClN4. The molecule has 0 saturated heterocycles. The first-order chi connectivity index (χ1) is 8.74. The molecule has 4 nitrogen and oxygen atoms in total. The number of nitrogens with two attached hydrogens (primary N) is 1. The third kappa shape index (κ3) is 2.08. The van der Waals surface area contributed by atoms with Gasteiger partial charge in [-0.1, -0.05) is 24.4 Å². The summed E-state index contributed by atoms with van der Waals surface area (Å²) in [5.41, 5.74) is 7.23. The van der Waals surface area contributed by atoms with Crippen LogP contribution < -0.4 is 5.73 Å². The largest absolute Gasteiger partial charge is 0.399 e. The second-order valence-corrected chi connectivity index (χ2v) is 5.17. The summed E-state index contributed by atoms with van der Waals surface area (Å²) < 4.78 is 0. The molecule has 0 atom stereocenters. The molecule has 1 saturated carbocycles. The average Bonchev–Trinajstić information content (AvgIpc) is 3.00. The van der Waals surface area contributed by atoms with Crippen molar-refractivity contribution < 1.29 is 0 Å². The Kier molecular flexibility index (Phi) is 2.96. The van der Waals surface area contributed by atoms with Crippen LogP contribution in [0.1, 0.15) is 37.4 Å². The number of benzene rings is 1. The minimum absolute atomic E-state index is 0.520. The molecule has 1 aliphatic rings. The summed E-state index contributed by atoms with van der Waals surface area (Å²) in [6, 6.07) is 5.36. The van der Waals surface area contributed by atoms with Crippen LogP contribution in [-0.4, -0.2) is 15.2 Å². The van der Waals surface area contributed by atoms with Gasteiger partial charge < -0.3 is 5.73 Å². The zero-order valence-electron chi connectivity index (χ0n) is 9.99. The lowest BCUT2D eigenvalue weighted by Crippen LogP contribution is -1.94. The van der Waals surface area contributed by atoms with E-state index in [4.69, 9.17) is 17.3 Å². The highest BCUT2D eigenvalue weighted by molar-refractivity contribution is 6.33. The SMILES string of the molecule is Nc1ccc(Cl)c(-c2n[nH]c(C3CCCC3)n2)c1. The van der Waals surface area contributed by atoms with Crippen molar-refractivity contribution in [3.05, 3.63) is 29.0 Å². The normalized spacial score (nSPS) is 16.3. The molecule has 0 bridgehead atoms. The van der Waals surface area contributed by atoms with Crippen LogP contribution in [0.2, 0.25) is 5.02 Å². The number of nitrogens with zero attached hydrogens (tertiary/aromatic N) is 2. The van der Waals surface area contributed by atoms with Crippen LogP contribution in [0.25, 0.3) is 11.4 Å². The Hall–Kier alpha value is -1.55. The van der Waals surface area contributed by atoms with Gasteiger partial charge in [0.05, 0.1) is 5.02 Å². The molecule has 0 amide bonds. The van der Waals surface area contributed by atoms with Crippen molar-refractivity contribution in [1.82, 2.24) is 15.2 Å². The quantitative estimate of drug-likeness (QED) is 0.816. The summed E-state index contributed by atoms with van der Waals surface area (Å²) in [4.78, 5) is 4.56. The molecule has 3 rings (SSSR count). The minimum Gasteiger partial charge on any atom is -0.399 e. The van der Waals surface area contributed by atoms with Gasteiger partial charge in [-0.05, 0) is 31.0 Å². The van der Waals surface area contributed by atoms with E-state index in [1.54, 1.807) is 12.1 Å². The zero-order chi connectivity index (χ0) is 12.5. The summed E-state index contributed by atoms with van der Waals surface area (Å²) in [6.45, 7) is 0. The van der Waals surface area contributed by atoms with Crippen LogP contribution in [0.15, 0.2) is 18.2 Å². The van der Waals surface area contributed by atoms with Crippen molar-refractivity contribution in [2.75, 3.05) is 5.73 Å². The third-order valence-corrected chi connectivity index (χ3v) is 3.81. The van der Waals surface area contributed by atoms with Crippen molar-refractivity contribution in [2.45, 2.75) is 31.6 Å². The highest BCUT2D eigenvalue weighted by atomic mass is 35.5. The van der Waals surface area contributed by atoms with E-state index in [0.717, 1.165) is 11.4 Å². The minimum atomic E-state index is 0.520. The Morgan fingerprint density at radius 3 is 2.83 bits per heavy atom. The van der Waals surface area contributed by atoms with Crippen LogP contribution in [-0.2, 0) is 0 Å². The molecule has 0 unspecified atom stereocenters. The molecule has 2 aromatic rings. The summed E-state index contributed by atoms with van der Waals surface area (Å²) >= 11 is 6.15. The summed E-state index contributed by atoms with van der Waals surface area (Å²) in [6.07, 6.45) is 4.94. The van der Waals surface area contributed by atoms with E-state index in [1.165, 1.54) is 25.7 Å². The molecule has 18 heavy (non-hydrogen) atoms. The molecule has 0 radical (unpaired) electrons. The highest BCUT2D eigenvalue weighted by Gasteiger charge is 2.21. The summed E-state index contributed by atoms with van der Waals surface area (Å²) in [5.74, 6) is 2.13. The predicted octanol–water partition coefficient (Wildman–Crippen LogP) is 3.36. The van der Waals surface area contributed by atoms with Crippen molar-refractivity contribution in [2.24, 2.45) is 0 Å². The second-order valence-electron chi connectivity index (χ2n) is 4.76. The molecule has 0 spiro atoms. The van der Waals surface area contributed by atoms with E-state index in [9.17, 15) is 0 Å². The average molecular weight is 263 g/mol. The number of hydrogen-bond acceptors (Lipinski definition) is 3. The van der Waals surface area contributed by atoms with Crippen molar-refractivity contribution >= 4 is 17.3 Å². The van der Waals surface area contributed by atoms with Gasteiger partial charge in [-0.15, -0.1) is 0 Å². The van der Waals surface area contributed by atoms with Gasteiger partial charge in [-0.2, -0.15) is 5.10 Å². The number of hydrogen-bond donors (Lipinski definition) is 2. The maximum absolute atomic E-state index is 6.15. The fourth-order valence-corrected chi connectivity index (χ4v) is 2.69. The van der Waals surface area contributed by atoms with Crippen molar-refractivity contribution in [3.8, 4) is 11.4 Å². The van der Waals surface area contributed by atoms with Crippen molar-refractivity contribution in [1.29, 1.82) is 0 Å². The number of aromatic nitrogens is 3. The topological polar surface area (TPSA) is 67.6 Å². The molecule has 5 heteroatoms. The molecule has 1 aromatic carbocycles. The first kappa shape index (κ1) is 11.5. The summed E-state index contributed by atoms with van der Waals surface area (Å²) in [5, 5.41) is 7.92. The number of halogens is 1. The van der Waals surface area contributed by atoms with Gasteiger partial charge in [-0.25, -0.2) is 4.98 Å².